The average Bonchev–Trinajstić information content (AvgIpc) is 2.78. The number of hydrogen-bond donors (Lipinski definition) is 0. The second-order valence-electron chi connectivity index (χ2n) is 5.73. The summed E-state index contributed by atoms with van der Waals surface area (Å²) in [4.78, 5) is 0. The quantitative estimate of drug-likeness (QED) is 0.493. The van der Waals surface area contributed by atoms with Crippen LogP contribution in [0.1, 0.15) is 63.3 Å². The number of rotatable bonds is 6. The lowest BCUT2D eigenvalue weighted by molar-refractivity contribution is 0.287. The van der Waals surface area contributed by atoms with E-state index in [0.29, 0.717) is 19.1 Å². The van der Waals surface area contributed by atoms with Crippen LogP contribution in [0.25, 0.3) is 0 Å². The summed E-state index contributed by atoms with van der Waals surface area (Å²) < 4.78 is 11.3. The second-order valence-corrected chi connectivity index (χ2v) is 6.20. The van der Waals surface area contributed by atoms with E-state index in [1.807, 2.05) is 19.9 Å². The third-order valence-corrected chi connectivity index (χ3v) is 4.81. The van der Waals surface area contributed by atoms with E-state index in [9.17, 15) is 0 Å². The number of benzene rings is 1. The summed E-state index contributed by atoms with van der Waals surface area (Å²) in [7, 11) is 0. The van der Waals surface area contributed by atoms with Crippen molar-refractivity contribution in [3.8, 4) is 11.5 Å². The molecule has 0 saturated heterocycles. The van der Waals surface area contributed by atoms with E-state index in [1.165, 1.54) is 38.5 Å². The van der Waals surface area contributed by atoms with Crippen LogP contribution in [0.5, 0.6) is 11.5 Å². The minimum atomic E-state index is 0.0815. The molecule has 0 spiro atoms. The van der Waals surface area contributed by atoms with E-state index in [-0.39, 0.29) is 5.38 Å². The normalized spacial score (nSPS) is 18.0. The molecule has 2 rings (SSSR count). The molecule has 1 aromatic rings. The van der Waals surface area contributed by atoms with Gasteiger partial charge >= 0.3 is 0 Å². The molecule has 21 heavy (non-hydrogen) atoms. The van der Waals surface area contributed by atoms with Crippen molar-refractivity contribution < 1.29 is 9.47 Å². The Bertz CT molecular complexity index is 425. The molecular formula is C18H27ClO2. The van der Waals surface area contributed by atoms with Crippen LogP contribution in [0.15, 0.2) is 18.2 Å². The maximum atomic E-state index is 6.76. The molecule has 0 aromatic heterocycles. The van der Waals surface area contributed by atoms with Crippen LogP contribution in [0, 0.1) is 5.92 Å². The van der Waals surface area contributed by atoms with Crippen molar-refractivity contribution >= 4 is 11.6 Å². The van der Waals surface area contributed by atoms with Crippen LogP contribution in [0.2, 0.25) is 0 Å². The van der Waals surface area contributed by atoms with Crippen LogP contribution < -0.4 is 9.47 Å². The highest BCUT2D eigenvalue weighted by atomic mass is 35.5. The molecule has 0 heterocycles. The number of halogens is 1. The molecule has 0 radical (unpaired) electrons. The van der Waals surface area contributed by atoms with Crippen LogP contribution in [-0.2, 0) is 0 Å². The van der Waals surface area contributed by atoms with Crippen molar-refractivity contribution in [3.63, 3.8) is 0 Å². The lowest BCUT2D eigenvalue weighted by Gasteiger charge is -2.22. The molecule has 1 aliphatic carbocycles. The summed E-state index contributed by atoms with van der Waals surface area (Å²) in [6.45, 7) is 5.26. The van der Waals surface area contributed by atoms with Crippen LogP contribution in [-0.4, -0.2) is 13.2 Å². The van der Waals surface area contributed by atoms with E-state index in [0.717, 1.165) is 17.1 Å². The summed E-state index contributed by atoms with van der Waals surface area (Å²) in [6, 6.07) is 6.16. The molecule has 1 aromatic carbocycles. The number of ether oxygens (including phenoxy) is 2. The molecule has 3 heteroatoms. The van der Waals surface area contributed by atoms with Crippen molar-refractivity contribution in [2.45, 2.75) is 57.7 Å². The third kappa shape index (κ3) is 4.54. The summed E-state index contributed by atoms with van der Waals surface area (Å²) >= 11 is 6.76. The van der Waals surface area contributed by atoms with E-state index in [2.05, 4.69) is 12.1 Å². The first-order valence-electron chi connectivity index (χ1n) is 8.29. The molecule has 0 N–H and O–H groups in total. The molecule has 1 saturated carbocycles. The largest absolute Gasteiger partial charge is 0.490 e. The predicted octanol–water partition coefficient (Wildman–Crippen LogP) is 5.73. The first-order chi connectivity index (χ1) is 10.3. The van der Waals surface area contributed by atoms with Gasteiger partial charge in [-0.3, -0.25) is 0 Å². The Morgan fingerprint density at radius 1 is 1.00 bits per heavy atom. The van der Waals surface area contributed by atoms with Gasteiger partial charge in [-0.1, -0.05) is 31.7 Å². The van der Waals surface area contributed by atoms with E-state index in [1.54, 1.807) is 0 Å². The maximum absolute atomic E-state index is 6.76. The zero-order valence-corrected chi connectivity index (χ0v) is 14.0. The molecule has 0 bridgehead atoms. The molecular weight excluding hydrogens is 284 g/mol. The number of hydrogen-bond acceptors (Lipinski definition) is 2. The molecule has 2 nitrogen and oxygen atoms in total. The van der Waals surface area contributed by atoms with Crippen LogP contribution in [0.3, 0.4) is 0 Å². The summed E-state index contributed by atoms with van der Waals surface area (Å²) in [5.41, 5.74) is 1.16. The maximum Gasteiger partial charge on any atom is 0.161 e. The fraction of sp³-hybridized carbons (Fsp3) is 0.667. The summed E-state index contributed by atoms with van der Waals surface area (Å²) in [5, 5.41) is 0.0815. The van der Waals surface area contributed by atoms with Gasteiger partial charge in [0.25, 0.3) is 0 Å². The lowest BCUT2D eigenvalue weighted by atomic mass is 9.92. The molecule has 1 unspecified atom stereocenters. The van der Waals surface area contributed by atoms with Gasteiger partial charge in [-0.2, -0.15) is 0 Å². The molecule has 1 atom stereocenters. The van der Waals surface area contributed by atoms with Crippen molar-refractivity contribution in [1.82, 2.24) is 0 Å². The third-order valence-electron chi connectivity index (χ3n) is 4.20. The smallest absolute Gasteiger partial charge is 0.161 e. The molecule has 118 valence electrons. The van der Waals surface area contributed by atoms with Crippen molar-refractivity contribution in [3.05, 3.63) is 23.8 Å². The fourth-order valence-electron chi connectivity index (χ4n) is 3.12. The van der Waals surface area contributed by atoms with Gasteiger partial charge in [0.2, 0.25) is 0 Å². The summed E-state index contributed by atoms with van der Waals surface area (Å²) in [5.74, 6) is 2.21. The minimum absolute atomic E-state index is 0.0815. The Balaban J connectivity index is 2.15. The SMILES string of the molecule is CCOc1ccc(C(Cl)C2CCCCCC2)cc1OCC. The summed E-state index contributed by atoms with van der Waals surface area (Å²) in [6.07, 6.45) is 7.81. The van der Waals surface area contributed by atoms with Crippen LogP contribution in [0.4, 0.5) is 0 Å². The highest BCUT2D eigenvalue weighted by Gasteiger charge is 2.23. The zero-order chi connectivity index (χ0) is 15.1. The lowest BCUT2D eigenvalue weighted by Crippen LogP contribution is -2.08. The first-order valence-corrected chi connectivity index (χ1v) is 8.73. The number of alkyl halides is 1. The Morgan fingerprint density at radius 2 is 1.62 bits per heavy atom. The molecule has 1 aliphatic rings. The van der Waals surface area contributed by atoms with Crippen molar-refractivity contribution in [1.29, 1.82) is 0 Å². The van der Waals surface area contributed by atoms with Gasteiger partial charge in [0.1, 0.15) is 0 Å². The van der Waals surface area contributed by atoms with E-state index in [4.69, 9.17) is 21.1 Å². The fourth-order valence-corrected chi connectivity index (χ4v) is 3.50. The highest BCUT2D eigenvalue weighted by Crippen LogP contribution is 2.40. The van der Waals surface area contributed by atoms with Gasteiger partial charge in [-0.25, -0.2) is 0 Å². The minimum Gasteiger partial charge on any atom is -0.490 e. The predicted molar refractivity (Wildman–Crippen MR) is 88.6 cm³/mol. The van der Waals surface area contributed by atoms with Gasteiger partial charge in [-0.15, -0.1) is 11.6 Å². The monoisotopic (exact) mass is 310 g/mol. The van der Waals surface area contributed by atoms with E-state index < -0.39 is 0 Å². The second kappa shape index (κ2) is 8.53. The van der Waals surface area contributed by atoms with Crippen LogP contribution >= 0.6 is 11.6 Å². The van der Waals surface area contributed by atoms with Gasteiger partial charge in [0.05, 0.1) is 18.6 Å². The molecule has 0 aliphatic heterocycles. The molecule has 0 amide bonds. The zero-order valence-electron chi connectivity index (χ0n) is 13.2. The Morgan fingerprint density at radius 3 is 2.24 bits per heavy atom. The topological polar surface area (TPSA) is 18.5 Å². The standard InChI is InChI=1S/C18H27ClO2/c1-3-20-16-12-11-15(13-17(16)21-4-2)18(19)14-9-7-5-6-8-10-14/h11-14,18H,3-10H2,1-2H3. The van der Waals surface area contributed by atoms with Gasteiger partial charge < -0.3 is 9.47 Å². The van der Waals surface area contributed by atoms with E-state index >= 15 is 0 Å². The highest BCUT2D eigenvalue weighted by molar-refractivity contribution is 6.21. The van der Waals surface area contributed by atoms with Crippen molar-refractivity contribution in [2.24, 2.45) is 5.92 Å². The van der Waals surface area contributed by atoms with Gasteiger partial charge in [-0.05, 0) is 50.3 Å². The average molecular weight is 311 g/mol. The Hall–Kier alpha value is -0.890. The van der Waals surface area contributed by atoms with Crippen molar-refractivity contribution in [2.75, 3.05) is 13.2 Å². The Kier molecular flexibility index (Phi) is 6.69. The van der Waals surface area contributed by atoms with Gasteiger partial charge in [0.15, 0.2) is 11.5 Å². The first kappa shape index (κ1) is 16.5. The molecule has 1 fully saturated rings. The Labute approximate surface area is 133 Å². The van der Waals surface area contributed by atoms with Gasteiger partial charge in [0, 0.05) is 0 Å².